The van der Waals surface area contributed by atoms with Crippen LogP contribution in [0.4, 0.5) is 0 Å². The fourth-order valence-electron chi connectivity index (χ4n) is 3.22. The minimum absolute atomic E-state index is 0.159. The summed E-state index contributed by atoms with van der Waals surface area (Å²) in [6, 6.07) is 4.06. The van der Waals surface area contributed by atoms with Gasteiger partial charge in [0.2, 0.25) is 0 Å². The molecule has 2 aliphatic rings. The molecule has 1 fully saturated rings. The average Bonchev–Trinajstić information content (AvgIpc) is 2.76. The molecule has 1 saturated heterocycles. The maximum absolute atomic E-state index is 6.50. The average molecular weight is 312 g/mol. The van der Waals surface area contributed by atoms with Crippen LogP contribution in [0, 0.1) is 5.92 Å². The summed E-state index contributed by atoms with van der Waals surface area (Å²) in [5.74, 6) is 1.95. The zero-order valence-electron chi connectivity index (χ0n) is 12.5. The molecule has 0 amide bonds. The van der Waals surface area contributed by atoms with Gasteiger partial charge in [-0.1, -0.05) is 11.6 Å². The second-order valence-electron chi connectivity index (χ2n) is 5.67. The predicted octanol–water partition coefficient (Wildman–Crippen LogP) is 3.19. The lowest BCUT2D eigenvalue weighted by Gasteiger charge is -2.27. The van der Waals surface area contributed by atoms with Crippen molar-refractivity contribution in [2.45, 2.75) is 31.9 Å². The number of hydrogen-bond acceptors (Lipinski definition) is 4. The van der Waals surface area contributed by atoms with Crippen LogP contribution in [0.3, 0.4) is 0 Å². The molecule has 0 aliphatic carbocycles. The Kier molecular flexibility index (Phi) is 4.57. The molecule has 1 aromatic rings. The second kappa shape index (κ2) is 6.42. The maximum atomic E-state index is 6.50. The first-order valence-corrected chi connectivity index (χ1v) is 7.96. The van der Waals surface area contributed by atoms with E-state index in [1.807, 2.05) is 19.2 Å². The largest absolute Gasteiger partial charge is 0.490 e. The van der Waals surface area contributed by atoms with Crippen LogP contribution in [0.25, 0.3) is 0 Å². The van der Waals surface area contributed by atoms with Crippen LogP contribution in [0.1, 0.15) is 31.4 Å². The molecule has 3 rings (SSSR count). The van der Waals surface area contributed by atoms with Gasteiger partial charge in [0.25, 0.3) is 0 Å². The molecule has 21 heavy (non-hydrogen) atoms. The van der Waals surface area contributed by atoms with E-state index >= 15 is 0 Å². The van der Waals surface area contributed by atoms with E-state index in [9.17, 15) is 0 Å². The first-order valence-electron chi connectivity index (χ1n) is 7.58. The predicted molar refractivity (Wildman–Crippen MR) is 82.4 cm³/mol. The van der Waals surface area contributed by atoms with Gasteiger partial charge in [-0.15, -0.1) is 0 Å². The third-order valence-corrected chi connectivity index (χ3v) is 4.70. The Morgan fingerprint density at radius 2 is 1.90 bits per heavy atom. The van der Waals surface area contributed by atoms with E-state index in [0.717, 1.165) is 41.5 Å². The molecule has 0 radical (unpaired) electrons. The lowest BCUT2D eigenvalue weighted by Crippen LogP contribution is -2.29. The van der Waals surface area contributed by atoms with Gasteiger partial charge in [-0.05, 0) is 32.0 Å². The number of halogens is 1. The van der Waals surface area contributed by atoms with Crippen LogP contribution in [-0.2, 0) is 4.74 Å². The van der Waals surface area contributed by atoms with Gasteiger partial charge in [0, 0.05) is 36.1 Å². The summed E-state index contributed by atoms with van der Waals surface area (Å²) in [7, 11) is 1.97. The zero-order chi connectivity index (χ0) is 14.8. The van der Waals surface area contributed by atoms with Crippen LogP contribution >= 0.6 is 11.6 Å². The van der Waals surface area contributed by atoms with Crippen molar-refractivity contribution in [1.82, 2.24) is 5.32 Å². The van der Waals surface area contributed by atoms with Crippen molar-refractivity contribution in [2.75, 3.05) is 26.9 Å². The summed E-state index contributed by atoms with van der Waals surface area (Å²) >= 11 is 6.50. The minimum Gasteiger partial charge on any atom is -0.490 e. The topological polar surface area (TPSA) is 39.7 Å². The van der Waals surface area contributed by atoms with Crippen LogP contribution in [0.15, 0.2) is 12.1 Å². The highest BCUT2D eigenvalue weighted by atomic mass is 35.5. The standard InChI is InChI=1S/C16H22ClNO3/c1-10-11(4-7-19-10)16(18-2)12-8-14-15(9-13(12)17)21-6-3-5-20-14/h8-11,16,18H,3-7H2,1-2H3. The minimum atomic E-state index is 0.159. The van der Waals surface area contributed by atoms with Crippen molar-refractivity contribution in [2.24, 2.45) is 5.92 Å². The monoisotopic (exact) mass is 311 g/mol. The van der Waals surface area contributed by atoms with E-state index in [1.54, 1.807) is 0 Å². The number of benzene rings is 1. The van der Waals surface area contributed by atoms with Crippen molar-refractivity contribution in [3.63, 3.8) is 0 Å². The van der Waals surface area contributed by atoms with Crippen LogP contribution < -0.4 is 14.8 Å². The lowest BCUT2D eigenvalue weighted by molar-refractivity contribution is 0.0962. The molecule has 4 nitrogen and oxygen atoms in total. The van der Waals surface area contributed by atoms with Crippen molar-refractivity contribution < 1.29 is 14.2 Å². The summed E-state index contributed by atoms with van der Waals surface area (Å²) in [6.45, 7) is 4.29. The number of nitrogens with one attached hydrogen (secondary N) is 1. The second-order valence-corrected chi connectivity index (χ2v) is 6.07. The number of ether oxygens (including phenoxy) is 3. The van der Waals surface area contributed by atoms with Gasteiger partial charge in [-0.2, -0.15) is 0 Å². The SMILES string of the molecule is CNC(c1cc2c(cc1Cl)OCCCO2)C1CCOC1C. The van der Waals surface area contributed by atoms with E-state index in [4.69, 9.17) is 25.8 Å². The fourth-order valence-corrected chi connectivity index (χ4v) is 3.50. The van der Waals surface area contributed by atoms with Crippen molar-refractivity contribution in [1.29, 1.82) is 0 Å². The van der Waals surface area contributed by atoms with Gasteiger partial charge >= 0.3 is 0 Å². The highest BCUT2D eigenvalue weighted by Crippen LogP contribution is 2.41. The normalized spacial score (nSPS) is 26.4. The molecule has 1 N–H and O–H groups in total. The van der Waals surface area contributed by atoms with E-state index in [1.165, 1.54) is 0 Å². The Labute approximate surface area is 130 Å². The molecule has 116 valence electrons. The molecule has 1 aromatic carbocycles. The van der Waals surface area contributed by atoms with Gasteiger partial charge in [-0.25, -0.2) is 0 Å². The van der Waals surface area contributed by atoms with Gasteiger partial charge in [0.15, 0.2) is 11.5 Å². The van der Waals surface area contributed by atoms with E-state index in [-0.39, 0.29) is 12.1 Å². The Morgan fingerprint density at radius 3 is 2.52 bits per heavy atom. The molecule has 3 atom stereocenters. The third-order valence-electron chi connectivity index (χ3n) is 4.38. The number of hydrogen-bond donors (Lipinski definition) is 1. The van der Waals surface area contributed by atoms with E-state index in [2.05, 4.69) is 12.2 Å². The summed E-state index contributed by atoms with van der Waals surface area (Å²) in [4.78, 5) is 0. The summed E-state index contributed by atoms with van der Waals surface area (Å²) < 4.78 is 17.2. The molecule has 2 heterocycles. The highest BCUT2D eigenvalue weighted by molar-refractivity contribution is 6.31. The molecular formula is C16H22ClNO3. The third kappa shape index (κ3) is 2.98. The first-order chi connectivity index (χ1) is 10.2. The molecule has 5 heteroatoms. The quantitative estimate of drug-likeness (QED) is 0.930. The van der Waals surface area contributed by atoms with Gasteiger partial charge in [0.05, 0.1) is 19.3 Å². The van der Waals surface area contributed by atoms with E-state index < -0.39 is 0 Å². The summed E-state index contributed by atoms with van der Waals surface area (Å²) in [5.41, 5.74) is 1.06. The molecule has 0 spiro atoms. The Morgan fingerprint density at radius 1 is 1.19 bits per heavy atom. The maximum Gasteiger partial charge on any atom is 0.162 e. The highest BCUT2D eigenvalue weighted by Gasteiger charge is 2.33. The molecule has 3 unspecified atom stereocenters. The summed E-state index contributed by atoms with van der Waals surface area (Å²) in [6.07, 6.45) is 2.16. The number of rotatable bonds is 3. The Bertz CT molecular complexity index is 509. The van der Waals surface area contributed by atoms with Crippen molar-refractivity contribution in [3.05, 3.63) is 22.7 Å². The fraction of sp³-hybridized carbons (Fsp3) is 0.625. The first kappa shape index (κ1) is 14.9. The molecule has 0 aromatic heterocycles. The zero-order valence-corrected chi connectivity index (χ0v) is 13.3. The smallest absolute Gasteiger partial charge is 0.162 e. The van der Waals surface area contributed by atoms with Crippen molar-refractivity contribution >= 4 is 11.6 Å². The van der Waals surface area contributed by atoms with Crippen LogP contribution in [0.2, 0.25) is 5.02 Å². The molecule has 2 aliphatic heterocycles. The van der Waals surface area contributed by atoms with Gasteiger partial charge < -0.3 is 19.5 Å². The van der Waals surface area contributed by atoms with Crippen molar-refractivity contribution in [3.8, 4) is 11.5 Å². The molecule has 0 bridgehead atoms. The van der Waals surface area contributed by atoms with Crippen LogP contribution in [-0.4, -0.2) is 33.0 Å². The Hall–Kier alpha value is -0.970. The summed E-state index contributed by atoms with van der Waals surface area (Å²) in [5, 5.41) is 4.11. The Balaban J connectivity index is 1.94. The van der Waals surface area contributed by atoms with Crippen LogP contribution in [0.5, 0.6) is 11.5 Å². The van der Waals surface area contributed by atoms with E-state index in [0.29, 0.717) is 19.1 Å². The number of fused-ring (bicyclic) bond motifs is 1. The molecular weight excluding hydrogens is 290 g/mol. The van der Waals surface area contributed by atoms with Gasteiger partial charge in [0.1, 0.15) is 0 Å². The lowest BCUT2D eigenvalue weighted by atomic mass is 9.88. The van der Waals surface area contributed by atoms with Gasteiger partial charge in [-0.3, -0.25) is 0 Å². The molecule has 0 saturated carbocycles.